The van der Waals surface area contributed by atoms with Crippen LogP contribution in [0.5, 0.6) is 0 Å². The van der Waals surface area contributed by atoms with Crippen LogP contribution >= 0.6 is 0 Å². The molecule has 0 bridgehead atoms. The van der Waals surface area contributed by atoms with Crippen LogP contribution in [0.1, 0.15) is 60.3 Å². The van der Waals surface area contributed by atoms with Gasteiger partial charge in [0.2, 0.25) is 0 Å². The Morgan fingerprint density at radius 3 is 2.78 bits per heavy atom. The Labute approximate surface area is 142 Å². The third kappa shape index (κ3) is 10.6. The van der Waals surface area contributed by atoms with E-state index in [-0.39, 0.29) is 0 Å². The smallest absolute Gasteiger partial charge is 0.191 e. The minimum absolute atomic E-state index is 0.294. The molecule has 1 aliphatic rings. The van der Waals surface area contributed by atoms with E-state index in [1.165, 1.54) is 6.42 Å². The fourth-order valence-corrected chi connectivity index (χ4v) is 2.49. The molecule has 5 nitrogen and oxygen atoms in total. The number of nitrogens with zero attached hydrogens (tertiary/aromatic N) is 1. The molecular formula is C18H37N3O2. The summed E-state index contributed by atoms with van der Waals surface area (Å²) < 4.78 is 11.2. The summed E-state index contributed by atoms with van der Waals surface area (Å²) >= 11 is 0. The summed E-state index contributed by atoms with van der Waals surface area (Å²) in [4.78, 5) is 4.59. The lowest BCUT2D eigenvalue weighted by molar-refractivity contribution is 0.0200. The highest BCUT2D eigenvalue weighted by atomic mass is 16.5. The molecular weight excluding hydrogens is 290 g/mol. The molecule has 1 fully saturated rings. The van der Waals surface area contributed by atoms with Gasteiger partial charge in [-0.05, 0) is 44.9 Å². The Bertz CT molecular complexity index is 334. The van der Waals surface area contributed by atoms with E-state index >= 15 is 0 Å². The number of aliphatic imine (C=N–C) groups is 1. The molecule has 2 unspecified atom stereocenters. The van der Waals surface area contributed by atoms with Gasteiger partial charge in [-0.25, -0.2) is 0 Å². The first-order valence-electron chi connectivity index (χ1n) is 9.15. The Morgan fingerprint density at radius 1 is 1.39 bits per heavy atom. The SMILES string of the molecule is CCNC(=NCCOCC1CCCO1)NC(C)CCC(C)(C)C. The van der Waals surface area contributed by atoms with Crippen molar-refractivity contribution in [3.8, 4) is 0 Å². The molecule has 1 aliphatic heterocycles. The highest BCUT2D eigenvalue weighted by Crippen LogP contribution is 2.21. The van der Waals surface area contributed by atoms with Crippen LogP contribution in [-0.4, -0.2) is 51.0 Å². The molecule has 0 aliphatic carbocycles. The number of nitrogens with one attached hydrogen (secondary N) is 2. The monoisotopic (exact) mass is 327 g/mol. The molecule has 1 saturated heterocycles. The topological polar surface area (TPSA) is 54.9 Å². The van der Waals surface area contributed by atoms with Gasteiger partial charge in [-0.3, -0.25) is 4.99 Å². The summed E-state index contributed by atoms with van der Waals surface area (Å²) in [5.41, 5.74) is 0.377. The molecule has 0 radical (unpaired) electrons. The Balaban J connectivity index is 2.22. The van der Waals surface area contributed by atoms with E-state index in [0.717, 1.165) is 38.4 Å². The molecule has 0 aromatic heterocycles. The van der Waals surface area contributed by atoms with E-state index in [1.54, 1.807) is 0 Å². The maximum Gasteiger partial charge on any atom is 0.191 e. The molecule has 136 valence electrons. The average Bonchev–Trinajstić information content (AvgIpc) is 2.97. The van der Waals surface area contributed by atoms with Crippen LogP contribution in [0, 0.1) is 5.41 Å². The lowest BCUT2D eigenvalue weighted by atomic mass is 9.89. The second-order valence-electron chi connectivity index (χ2n) is 7.62. The third-order valence-corrected chi connectivity index (χ3v) is 3.89. The zero-order chi connectivity index (χ0) is 17.1. The Hall–Kier alpha value is -0.810. The van der Waals surface area contributed by atoms with Crippen LogP contribution in [0.25, 0.3) is 0 Å². The van der Waals surface area contributed by atoms with Gasteiger partial charge >= 0.3 is 0 Å². The summed E-state index contributed by atoms with van der Waals surface area (Å²) in [6.45, 7) is 14.9. The highest BCUT2D eigenvalue weighted by molar-refractivity contribution is 5.80. The van der Waals surface area contributed by atoms with Gasteiger partial charge in [-0.15, -0.1) is 0 Å². The highest BCUT2D eigenvalue weighted by Gasteiger charge is 2.15. The molecule has 2 N–H and O–H groups in total. The first kappa shape index (κ1) is 20.2. The minimum atomic E-state index is 0.294. The van der Waals surface area contributed by atoms with Crippen molar-refractivity contribution in [1.82, 2.24) is 10.6 Å². The summed E-state index contributed by atoms with van der Waals surface area (Å²) in [5, 5.41) is 6.78. The molecule has 0 aromatic carbocycles. The molecule has 2 atom stereocenters. The van der Waals surface area contributed by atoms with Gasteiger partial charge in [0.15, 0.2) is 5.96 Å². The van der Waals surface area contributed by atoms with E-state index < -0.39 is 0 Å². The predicted octanol–water partition coefficient (Wildman–Crippen LogP) is 2.95. The van der Waals surface area contributed by atoms with E-state index in [0.29, 0.717) is 37.3 Å². The van der Waals surface area contributed by atoms with Crippen molar-refractivity contribution in [3.05, 3.63) is 0 Å². The lowest BCUT2D eigenvalue weighted by Crippen LogP contribution is -2.42. The largest absolute Gasteiger partial charge is 0.377 e. The molecule has 0 saturated carbocycles. The Morgan fingerprint density at radius 2 is 2.17 bits per heavy atom. The van der Waals surface area contributed by atoms with Crippen LogP contribution in [0.3, 0.4) is 0 Å². The Kier molecular flexibility index (Phi) is 9.56. The van der Waals surface area contributed by atoms with Crippen molar-refractivity contribution >= 4 is 5.96 Å². The summed E-state index contributed by atoms with van der Waals surface area (Å²) in [5.74, 6) is 0.884. The van der Waals surface area contributed by atoms with Gasteiger partial charge < -0.3 is 20.1 Å². The normalized spacial score (nSPS) is 20.6. The number of hydrogen-bond donors (Lipinski definition) is 2. The molecule has 1 heterocycles. The molecule has 5 heteroatoms. The summed E-state index contributed by atoms with van der Waals surface area (Å²) in [6, 6.07) is 0.417. The number of rotatable bonds is 9. The first-order valence-corrected chi connectivity index (χ1v) is 9.15. The quantitative estimate of drug-likeness (QED) is 0.388. The van der Waals surface area contributed by atoms with E-state index in [9.17, 15) is 0 Å². The van der Waals surface area contributed by atoms with Gasteiger partial charge in [0.1, 0.15) is 0 Å². The van der Waals surface area contributed by atoms with E-state index in [1.807, 2.05) is 0 Å². The van der Waals surface area contributed by atoms with Crippen molar-refractivity contribution in [2.75, 3.05) is 32.9 Å². The van der Waals surface area contributed by atoms with E-state index in [2.05, 4.69) is 50.2 Å². The van der Waals surface area contributed by atoms with Crippen LogP contribution in [-0.2, 0) is 9.47 Å². The fourth-order valence-electron chi connectivity index (χ4n) is 2.49. The third-order valence-electron chi connectivity index (χ3n) is 3.89. The predicted molar refractivity (Wildman–Crippen MR) is 97.1 cm³/mol. The molecule has 0 aromatic rings. The average molecular weight is 328 g/mol. The number of ether oxygens (including phenoxy) is 2. The van der Waals surface area contributed by atoms with Gasteiger partial charge in [-0.2, -0.15) is 0 Å². The van der Waals surface area contributed by atoms with Gasteiger partial charge in [0.05, 0.1) is 25.9 Å². The fraction of sp³-hybridized carbons (Fsp3) is 0.944. The van der Waals surface area contributed by atoms with Crippen molar-refractivity contribution in [1.29, 1.82) is 0 Å². The van der Waals surface area contributed by atoms with Gasteiger partial charge in [0.25, 0.3) is 0 Å². The van der Waals surface area contributed by atoms with Crippen LogP contribution < -0.4 is 10.6 Å². The van der Waals surface area contributed by atoms with E-state index in [4.69, 9.17) is 9.47 Å². The summed E-state index contributed by atoms with van der Waals surface area (Å²) in [6.07, 6.45) is 4.92. The number of guanidine groups is 1. The van der Waals surface area contributed by atoms with Crippen molar-refractivity contribution in [2.45, 2.75) is 72.4 Å². The number of hydrogen-bond acceptors (Lipinski definition) is 3. The molecule has 0 amide bonds. The lowest BCUT2D eigenvalue weighted by Gasteiger charge is -2.23. The van der Waals surface area contributed by atoms with Crippen molar-refractivity contribution < 1.29 is 9.47 Å². The standard InChI is InChI=1S/C18H37N3O2/c1-6-19-17(21-15(2)9-10-18(3,4)5)20-11-13-22-14-16-8-7-12-23-16/h15-16H,6-14H2,1-5H3,(H2,19,20,21). The minimum Gasteiger partial charge on any atom is -0.377 e. The maximum atomic E-state index is 5.66. The van der Waals surface area contributed by atoms with Crippen molar-refractivity contribution in [2.24, 2.45) is 10.4 Å². The maximum absolute atomic E-state index is 5.66. The zero-order valence-corrected chi connectivity index (χ0v) is 15.8. The second kappa shape index (κ2) is 10.9. The molecule has 0 spiro atoms. The van der Waals surface area contributed by atoms with Crippen LogP contribution in [0.2, 0.25) is 0 Å². The van der Waals surface area contributed by atoms with Crippen LogP contribution in [0.4, 0.5) is 0 Å². The summed E-state index contributed by atoms with van der Waals surface area (Å²) in [7, 11) is 0. The molecule has 1 rings (SSSR count). The van der Waals surface area contributed by atoms with Crippen LogP contribution in [0.15, 0.2) is 4.99 Å². The first-order chi connectivity index (χ1) is 10.9. The molecule has 23 heavy (non-hydrogen) atoms. The van der Waals surface area contributed by atoms with Gasteiger partial charge in [0, 0.05) is 19.2 Å². The van der Waals surface area contributed by atoms with Crippen molar-refractivity contribution in [3.63, 3.8) is 0 Å². The zero-order valence-electron chi connectivity index (χ0n) is 15.8. The van der Waals surface area contributed by atoms with Gasteiger partial charge in [-0.1, -0.05) is 20.8 Å². The second-order valence-corrected chi connectivity index (χ2v) is 7.62.